The third kappa shape index (κ3) is 4.76. The largest absolute Gasteiger partial charge is 0.382 e. The van der Waals surface area contributed by atoms with Crippen molar-refractivity contribution in [1.29, 1.82) is 0 Å². The quantitative estimate of drug-likeness (QED) is 0.673. The van der Waals surface area contributed by atoms with Crippen LogP contribution in [0.25, 0.3) is 0 Å². The first kappa shape index (κ1) is 15.1. The molecule has 1 aromatic heterocycles. The van der Waals surface area contributed by atoms with Crippen LogP contribution in [0.5, 0.6) is 0 Å². The molecule has 0 radical (unpaired) electrons. The van der Waals surface area contributed by atoms with Crippen LogP contribution in [0.2, 0.25) is 0 Å². The zero-order valence-electron chi connectivity index (χ0n) is 12.0. The van der Waals surface area contributed by atoms with Crippen LogP contribution < -0.4 is 5.32 Å². The second-order valence-electron chi connectivity index (χ2n) is 4.41. The summed E-state index contributed by atoms with van der Waals surface area (Å²) >= 11 is 0. The van der Waals surface area contributed by atoms with Crippen LogP contribution in [0.3, 0.4) is 0 Å². The first-order valence-corrected chi connectivity index (χ1v) is 6.43. The number of nitrogens with zero attached hydrogens (tertiary/aromatic N) is 2. The molecule has 0 aliphatic carbocycles. The number of ether oxygens (including phenoxy) is 2. The molecule has 0 aliphatic rings. The van der Waals surface area contributed by atoms with E-state index < -0.39 is 0 Å². The van der Waals surface area contributed by atoms with Crippen molar-refractivity contribution in [2.45, 2.75) is 26.8 Å². The molecular formula is C13H25N3O2. The Morgan fingerprint density at radius 3 is 2.61 bits per heavy atom. The van der Waals surface area contributed by atoms with Gasteiger partial charge in [0.25, 0.3) is 0 Å². The van der Waals surface area contributed by atoms with Gasteiger partial charge in [-0.2, -0.15) is 5.10 Å². The van der Waals surface area contributed by atoms with Crippen LogP contribution in [0.1, 0.15) is 23.4 Å². The maximum atomic E-state index is 5.40. The second kappa shape index (κ2) is 8.24. The highest BCUT2D eigenvalue weighted by molar-refractivity contribution is 5.23. The summed E-state index contributed by atoms with van der Waals surface area (Å²) in [4.78, 5) is 0. The molecule has 0 saturated heterocycles. The Bertz CT molecular complexity index is 350. The Labute approximate surface area is 109 Å². The molecular weight excluding hydrogens is 230 g/mol. The van der Waals surface area contributed by atoms with Crippen molar-refractivity contribution in [3.8, 4) is 0 Å². The Morgan fingerprint density at radius 2 is 2.00 bits per heavy atom. The highest BCUT2D eigenvalue weighted by Gasteiger charge is 2.07. The fraction of sp³-hybridized carbons (Fsp3) is 0.769. The van der Waals surface area contributed by atoms with Gasteiger partial charge in [-0.15, -0.1) is 0 Å². The van der Waals surface area contributed by atoms with Crippen LogP contribution in [0.15, 0.2) is 0 Å². The summed E-state index contributed by atoms with van der Waals surface area (Å²) < 4.78 is 12.2. The average molecular weight is 255 g/mol. The van der Waals surface area contributed by atoms with Gasteiger partial charge in [0.05, 0.1) is 18.9 Å². The Kier molecular flexibility index (Phi) is 6.93. The number of aryl methyl sites for hydroxylation is 2. The molecule has 0 unspecified atom stereocenters. The van der Waals surface area contributed by atoms with Crippen molar-refractivity contribution in [3.63, 3.8) is 0 Å². The molecule has 0 saturated carbocycles. The predicted molar refractivity (Wildman–Crippen MR) is 71.7 cm³/mol. The van der Waals surface area contributed by atoms with E-state index in [1.54, 1.807) is 7.11 Å². The summed E-state index contributed by atoms with van der Waals surface area (Å²) in [5.41, 5.74) is 3.65. The Morgan fingerprint density at radius 1 is 1.22 bits per heavy atom. The molecule has 0 amide bonds. The number of hydrogen-bond donors (Lipinski definition) is 1. The maximum absolute atomic E-state index is 5.40. The van der Waals surface area contributed by atoms with Gasteiger partial charge in [-0.05, 0) is 26.8 Å². The molecule has 1 heterocycles. The van der Waals surface area contributed by atoms with E-state index in [0.717, 1.165) is 31.8 Å². The first-order chi connectivity index (χ1) is 8.66. The van der Waals surface area contributed by atoms with E-state index in [-0.39, 0.29) is 0 Å². The van der Waals surface area contributed by atoms with Crippen molar-refractivity contribution in [2.24, 2.45) is 7.05 Å². The standard InChI is InChI=1S/C13H25N3O2/c1-11-13(12(2)16(3)15-11)10-14-6-5-7-18-9-8-17-4/h14H,5-10H2,1-4H3. The number of rotatable bonds is 9. The fourth-order valence-corrected chi connectivity index (χ4v) is 1.83. The molecule has 0 aromatic carbocycles. The van der Waals surface area contributed by atoms with Gasteiger partial charge in [-0.3, -0.25) is 4.68 Å². The molecule has 0 atom stereocenters. The van der Waals surface area contributed by atoms with Crippen molar-refractivity contribution in [2.75, 3.05) is 33.5 Å². The Balaban J connectivity index is 2.11. The summed E-state index contributed by atoms with van der Waals surface area (Å²) in [5.74, 6) is 0. The molecule has 1 N–H and O–H groups in total. The lowest BCUT2D eigenvalue weighted by atomic mass is 10.2. The molecule has 18 heavy (non-hydrogen) atoms. The lowest BCUT2D eigenvalue weighted by molar-refractivity contribution is 0.0695. The van der Waals surface area contributed by atoms with Crippen molar-refractivity contribution in [3.05, 3.63) is 17.0 Å². The monoisotopic (exact) mass is 255 g/mol. The summed E-state index contributed by atoms with van der Waals surface area (Å²) in [7, 11) is 3.67. The number of aromatic nitrogens is 2. The average Bonchev–Trinajstić information content (AvgIpc) is 2.58. The van der Waals surface area contributed by atoms with Gasteiger partial charge in [0.2, 0.25) is 0 Å². The minimum atomic E-state index is 0.668. The van der Waals surface area contributed by atoms with E-state index in [2.05, 4.69) is 24.3 Å². The zero-order chi connectivity index (χ0) is 13.4. The number of nitrogens with one attached hydrogen (secondary N) is 1. The molecule has 0 aliphatic heterocycles. The summed E-state index contributed by atoms with van der Waals surface area (Å²) in [6.07, 6.45) is 1.02. The lowest BCUT2D eigenvalue weighted by Gasteiger charge is -2.06. The zero-order valence-corrected chi connectivity index (χ0v) is 12.0. The summed E-state index contributed by atoms with van der Waals surface area (Å²) in [5, 5.41) is 7.82. The van der Waals surface area contributed by atoms with E-state index in [1.807, 2.05) is 11.7 Å². The third-order valence-corrected chi connectivity index (χ3v) is 3.03. The van der Waals surface area contributed by atoms with Gasteiger partial charge >= 0.3 is 0 Å². The molecule has 0 bridgehead atoms. The lowest BCUT2D eigenvalue weighted by Crippen LogP contribution is -2.17. The van der Waals surface area contributed by atoms with Gasteiger partial charge < -0.3 is 14.8 Å². The van der Waals surface area contributed by atoms with Gasteiger partial charge in [0.1, 0.15) is 0 Å². The van der Waals surface area contributed by atoms with Crippen LogP contribution in [-0.4, -0.2) is 43.3 Å². The molecule has 1 aromatic rings. The minimum Gasteiger partial charge on any atom is -0.382 e. The van der Waals surface area contributed by atoms with E-state index in [4.69, 9.17) is 9.47 Å². The molecule has 104 valence electrons. The second-order valence-corrected chi connectivity index (χ2v) is 4.41. The summed E-state index contributed by atoms with van der Waals surface area (Å²) in [6, 6.07) is 0. The van der Waals surface area contributed by atoms with E-state index in [1.165, 1.54) is 11.3 Å². The minimum absolute atomic E-state index is 0.668. The van der Waals surface area contributed by atoms with Crippen molar-refractivity contribution in [1.82, 2.24) is 15.1 Å². The van der Waals surface area contributed by atoms with Crippen LogP contribution in [0.4, 0.5) is 0 Å². The van der Waals surface area contributed by atoms with Crippen molar-refractivity contribution >= 4 is 0 Å². The van der Waals surface area contributed by atoms with E-state index >= 15 is 0 Å². The third-order valence-electron chi connectivity index (χ3n) is 3.03. The Hall–Kier alpha value is -0.910. The number of hydrogen-bond acceptors (Lipinski definition) is 4. The highest BCUT2D eigenvalue weighted by atomic mass is 16.5. The van der Waals surface area contributed by atoms with Crippen molar-refractivity contribution < 1.29 is 9.47 Å². The van der Waals surface area contributed by atoms with Crippen LogP contribution >= 0.6 is 0 Å². The molecule has 5 heteroatoms. The van der Waals surface area contributed by atoms with Crippen LogP contribution in [0, 0.1) is 13.8 Å². The van der Waals surface area contributed by atoms with E-state index in [0.29, 0.717) is 13.2 Å². The summed E-state index contributed by atoms with van der Waals surface area (Å²) in [6.45, 7) is 8.12. The van der Waals surface area contributed by atoms with Gasteiger partial charge in [0.15, 0.2) is 0 Å². The SMILES string of the molecule is COCCOCCCNCc1c(C)nn(C)c1C. The number of methoxy groups -OCH3 is 1. The van der Waals surface area contributed by atoms with Gasteiger partial charge in [-0.1, -0.05) is 0 Å². The maximum Gasteiger partial charge on any atom is 0.0700 e. The fourth-order valence-electron chi connectivity index (χ4n) is 1.83. The normalized spacial score (nSPS) is 11.1. The topological polar surface area (TPSA) is 48.3 Å². The van der Waals surface area contributed by atoms with Crippen LogP contribution in [-0.2, 0) is 23.1 Å². The highest BCUT2D eigenvalue weighted by Crippen LogP contribution is 2.10. The predicted octanol–water partition coefficient (Wildman–Crippen LogP) is 1.18. The first-order valence-electron chi connectivity index (χ1n) is 6.43. The smallest absolute Gasteiger partial charge is 0.0700 e. The van der Waals surface area contributed by atoms with E-state index in [9.17, 15) is 0 Å². The van der Waals surface area contributed by atoms with Gasteiger partial charge in [0, 0.05) is 38.6 Å². The molecule has 0 spiro atoms. The van der Waals surface area contributed by atoms with Gasteiger partial charge in [-0.25, -0.2) is 0 Å². The molecule has 5 nitrogen and oxygen atoms in total. The molecule has 1 rings (SSSR count). The molecule has 0 fully saturated rings.